The number of hydrogen-bond acceptors (Lipinski definition) is 2. The third kappa shape index (κ3) is 6.00. The average Bonchev–Trinajstić information content (AvgIpc) is 2.09. The van der Waals surface area contributed by atoms with Gasteiger partial charge in [0.15, 0.2) is 11.5 Å². The van der Waals surface area contributed by atoms with E-state index in [1.165, 1.54) is 0 Å². The molecular weight excluding hydrogens is 330 g/mol. The number of allylic oxidation sites excluding steroid dienone is 2. The first kappa shape index (κ1) is 17.7. The van der Waals surface area contributed by atoms with Crippen molar-refractivity contribution in [2.24, 2.45) is 0 Å². The molecule has 1 aliphatic rings. The molecule has 4 heteroatoms. The summed E-state index contributed by atoms with van der Waals surface area (Å²) in [6.07, 6.45) is 6.07. The van der Waals surface area contributed by atoms with Crippen LogP contribution in [0.25, 0.3) is 0 Å². The van der Waals surface area contributed by atoms with Gasteiger partial charge in [0, 0.05) is 65.4 Å². The van der Waals surface area contributed by atoms with Gasteiger partial charge in [-0.2, -0.15) is 0 Å². The van der Waals surface area contributed by atoms with Gasteiger partial charge in [-0.05, 0) is 38.2 Å². The average molecular weight is 344 g/mol. The van der Waals surface area contributed by atoms with Crippen LogP contribution in [0.5, 0.6) is 0 Å². The Kier molecular flexibility index (Phi) is 13.6. The minimum Gasteiger partial charge on any atom is -0.522 e. The smallest absolute Gasteiger partial charge is 0.153 e. The molecule has 74 valence electrons. The second kappa shape index (κ2) is 10.8. The fraction of sp³-hybridized carbons (Fsp3) is 0.400. The number of ether oxygens (including phenoxy) is 2. The summed E-state index contributed by atoms with van der Waals surface area (Å²) < 4.78 is 10.6. The van der Waals surface area contributed by atoms with Crippen molar-refractivity contribution in [1.29, 1.82) is 0 Å². The molecule has 0 N–H and O–H groups in total. The van der Waals surface area contributed by atoms with Gasteiger partial charge in [0.05, 0.1) is 0 Å². The first-order chi connectivity index (χ1) is 5.88. The van der Waals surface area contributed by atoms with E-state index in [0.29, 0.717) is 13.2 Å². The molecule has 0 saturated carbocycles. The second-order valence-corrected chi connectivity index (χ2v) is 2.41. The van der Waals surface area contributed by atoms with Gasteiger partial charge >= 0.3 is 0 Å². The van der Waals surface area contributed by atoms with E-state index < -0.39 is 0 Å². The Morgan fingerprint density at radius 1 is 0.929 bits per heavy atom. The molecule has 0 heterocycles. The maximum atomic E-state index is 5.28. The maximum Gasteiger partial charge on any atom is 0.153 e. The van der Waals surface area contributed by atoms with Gasteiger partial charge in [-0.3, -0.25) is 0 Å². The number of rotatable bonds is 4. The summed E-state index contributed by atoms with van der Waals surface area (Å²) in [6.45, 7) is 8.09. The van der Waals surface area contributed by atoms with E-state index in [4.69, 9.17) is 9.47 Å². The van der Waals surface area contributed by atoms with Crippen molar-refractivity contribution in [3.8, 4) is 0 Å². The molecule has 0 amide bonds. The molecule has 0 fully saturated rings. The molecule has 1 aliphatic carbocycles. The molecular formula is C10H14O2Y2-2. The van der Waals surface area contributed by atoms with Gasteiger partial charge in [-0.15, -0.1) is 0 Å². The van der Waals surface area contributed by atoms with Crippen LogP contribution in [0.4, 0.5) is 0 Å². The first-order valence-electron chi connectivity index (χ1n) is 4.13. The first-order valence-corrected chi connectivity index (χ1v) is 4.13. The number of hydrogen-bond donors (Lipinski definition) is 0. The van der Waals surface area contributed by atoms with Gasteiger partial charge in [0.25, 0.3) is 0 Å². The van der Waals surface area contributed by atoms with E-state index in [1.807, 2.05) is 12.2 Å². The topological polar surface area (TPSA) is 18.5 Å². The summed E-state index contributed by atoms with van der Waals surface area (Å²) in [5.41, 5.74) is 0. The molecule has 0 spiro atoms. The van der Waals surface area contributed by atoms with Crippen LogP contribution in [0, 0.1) is 13.8 Å². The third-order valence-corrected chi connectivity index (χ3v) is 1.58. The normalized spacial score (nSPS) is 14.1. The summed E-state index contributed by atoms with van der Waals surface area (Å²) in [4.78, 5) is 0. The molecule has 0 bridgehead atoms. The fourth-order valence-corrected chi connectivity index (χ4v) is 1.11. The summed E-state index contributed by atoms with van der Waals surface area (Å²) >= 11 is 0. The maximum absolute atomic E-state index is 5.28. The molecule has 0 unspecified atom stereocenters. The van der Waals surface area contributed by atoms with Crippen LogP contribution in [0.1, 0.15) is 12.8 Å². The van der Waals surface area contributed by atoms with E-state index in [1.54, 1.807) is 0 Å². The van der Waals surface area contributed by atoms with Gasteiger partial charge < -0.3 is 23.3 Å². The SMILES string of the molecule is [CH2-]COC1=CCCC=C1OC[CH2-].[Y].[Y]. The van der Waals surface area contributed by atoms with Crippen molar-refractivity contribution in [1.82, 2.24) is 0 Å². The Labute approximate surface area is 137 Å². The van der Waals surface area contributed by atoms with Gasteiger partial charge in [-0.1, -0.05) is 0 Å². The molecule has 0 aromatic rings. The molecule has 0 atom stereocenters. The predicted octanol–water partition coefficient (Wildman–Crippen LogP) is 2.24. The van der Waals surface area contributed by atoms with Crippen molar-refractivity contribution in [3.63, 3.8) is 0 Å². The van der Waals surface area contributed by atoms with Crippen LogP contribution in [0.15, 0.2) is 23.7 Å². The largest absolute Gasteiger partial charge is 0.522 e. The zero-order valence-electron chi connectivity index (χ0n) is 8.37. The van der Waals surface area contributed by atoms with Gasteiger partial charge in [-0.25, -0.2) is 0 Å². The van der Waals surface area contributed by atoms with Crippen molar-refractivity contribution >= 4 is 0 Å². The Morgan fingerprint density at radius 3 is 1.57 bits per heavy atom. The zero-order chi connectivity index (χ0) is 8.81. The van der Waals surface area contributed by atoms with Crippen molar-refractivity contribution < 1.29 is 74.9 Å². The van der Waals surface area contributed by atoms with E-state index in [2.05, 4.69) is 13.8 Å². The Hall–Kier alpha value is 1.29. The molecule has 14 heavy (non-hydrogen) atoms. The van der Waals surface area contributed by atoms with Crippen LogP contribution in [0.2, 0.25) is 0 Å². The van der Waals surface area contributed by atoms with E-state index in [0.717, 1.165) is 24.4 Å². The summed E-state index contributed by atoms with van der Waals surface area (Å²) in [5, 5.41) is 0. The van der Waals surface area contributed by atoms with Crippen molar-refractivity contribution in [3.05, 3.63) is 37.5 Å². The van der Waals surface area contributed by atoms with Crippen molar-refractivity contribution in [2.45, 2.75) is 12.8 Å². The minimum absolute atomic E-state index is 0. The van der Waals surface area contributed by atoms with E-state index in [-0.39, 0.29) is 65.4 Å². The van der Waals surface area contributed by atoms with E-state index in [9.17, 15) is 0 Å². The Bertz CT molecular complexity index is 178. The van der Waals surface area contributed by atoms with Crippen molar-refractivity contribution in [2.75, 3.05) is 13.2 Å². The quantitative estimate of drug-likeness (QED) is 0.729. The summed E-state index contributed by atoms with van der Waals surface area (Å²) in [6, 6.07) is 0. The Morgan fingerprint density at radius 2 is 1.29 bits per heavy atom. The standard InChI is InChI=1S/C10H14O2.2Y/c1-3-11-9-7-5-6-8-10(9)12-4-2;;/h7-8H,1-6H2;;/q-2;;. The molecule has 0 aromatic carbocycles. The molecule has 2 nitrogen and oxygen atoms in total. The molecule has 0 aliphatic heterocycles. The van der Waals surface area contributed by atoms with Gasteiger partial charge in [0.1, 0.15) is 0 Å². The van der Waals surface area contributed by atoms with Crippen LogP contribution in [-0.4, -0.2) is 13.2 Å². The van der Waals surface area contributed by atoms with E-state index >= 15 is 0 Å². The minimum atomic E-state index is 0. The molecule has 1 rings (SSSR count). The predicted molar refractivity (Wildman–Crippen MR) is 48.0 cm³/mol. The summed E-state index contributed by atoms with van der Waals surface area (Å²) in [5.74, 6) is 1.61. The Balaban J connectivity index is 0. The molecule has 2 radical (unpaired) electrons. The summed E-state index contributed by atoms with van der Waals surface area (Å²) in [7, 11) is 0. The monoisotopic (exact) mass is 344 g/mol. The third-order valence-electron chi connectivity index (χ3n) is 1.58. The van der Waals surface area contributed by atoms with Crippen LogP contribution < -0.4 is 0 Å². The van der Waals surface area contributed by atoms with Crippen LogP contribution >= 0.6 is 0 Å². The van der Waals surface area contributed by atoms with Crippen LogP contribution in [-0.2, 0) is 74.9 Å². The van der Waals surface area contributed by atoms with Crippen LogP contribution in [0.3, 0.4) is 0 Å². The molecule has 0 saturated heterocycles. The van der Waals surface area contributed by atoms with Gasteiger partial charge in [0.2, 0.25) is 0 Å². The second-order valence-electron chi connectivity index (χ2n) is 2.41. The zero-order valence-corrected chi connectivity index (χ0v) is 14.0. The fourth-order valence-electron chi connectivity index (χ4n) is 1.11. The molecule has 0 aromatic heterocycles.